The Morgan fingerprint density at radius 2 is 1.33 bits per heavy atom. The van der Waals surface area contributed by atoms with Gasteiger partial charge in [0.1, 0.15) is 41.0 Å². The summed E-state index contributed by atoms with van der Waals surface area (Å²) in [6.45, 7) is 9.17. The molecule has 0 bridgehead atoms. The highest BCUT2D eigenvalue weighted by Crippen LogP contribution is 2.48. The Labute approximate surface area is 428 Å². The van der Waals surface area contributed by atoms with E-state index in [9.17, 15) is 19.2 Å². The second-order valence-corrected chi connectivity index (χ2v) is 19.3. The Kier molecular flexibility index (Phi) is 15.1. The van der Waals surface area contributed by atoms with Crippen LogP contribution in [0.3, 0.4) is 0 Å². The first-order chi connectivity index (χ1) is 33.8. The van der Waals surface area contributed by atoms with E-state index in [4.69, 9.17) is 28.9 Å². The first kappa shape index (κ1) is 51.6. The van der Waals surface area contributed by atoms with Crippen LogP contribution in [-0.2, 0) is 25.5 Å². The minimum Gasteiger partial charge on any atom is -0.493 e. The van der Waals surface area contributed by atoms with Crippen molar-refractivity contribution in [3.05, 3.63) is 95.6 Å². The van der Waals surface area contributed by atoms with Crippen molar-refractivity contribution in [3.63, 3.8) is 0 Å². The molecule has 382 valence electrons. The molecule has 3 aromatic heterocycles. The molecule has 4 amide bonds. The van der Waals surface area contributed by atoms with E-state index in [2.05, 4.69) is 26.7 Å². The van der Waals surface area contributed by atoms with Gasteiger partial charge in [-0.3, -0.25) is 9.59 Å². The Bertz CT molecular complexity index is 3010. The second kappa shape index (κ2) is 21.1. The van der Waals surface area contributed by atoms with Crippen molar-refractivity contribution >= 4 is 59.7 Å². The summed E-state index contributed by atoms with van der Waals surface area (Å²) >= 11 is 0. The van der Waals surface area contributed by atoms with E-state index in [-0.39, 0.29) is 60.5 Å². The summed E-state index contributed by atoms with van der Waals surface area (Å²) in [7, 11) is 2.54. The summed E-state index contributed by atoms with van der Waals surface area (Å²) in [5.74, 6) is 1.14. The van der Waals surface area contributed by atoms with E-state index in [1.807, 2.05) is 74.7 Å². The molecule has 0 radical (unpaired) electrons. The number of hydrogen-bond acceptors (Lipinski definition) is 10. The fourth-order valence-corrected chi connectivity index (χ4v) is 10.5. The number of alkyl carbamates (subject to hydrolysis) is 2. The highest BCUT2D eigenvalue weighted by molar-refractivity contribution is 5.93. The van der Waals surface area contributed by atoms with Crippen LogP contribution in [0.4, 0.5) is 14.0 Å². The zero-order valence-electron chi connectivity index (χ0n) is 41.0. The molecule has 72 heavy (non-hydrogen) atoms. The average Bonchev–Trinajstić information content (AvgIpc) is 4.23. The van der Waals surface area contributed by atoms with Gasteiger partial charge < -0.3 is 53.9 Å². The Morgan fingerprint density at radius 3 is 1.92 bits per heavy atom. The lowest BCUT2D eigenvalue weighted by Crippen LogP contribution is -2.51. The number of imidazole rings is 2. The number of aryl methyl sites for hydroxylation is 1. The molecule has 0 saturated carbocycles. The topological polar surface area (TPSA) is 198 Å². The normalized spacial score (nSPS) is 18.7. The maximum atomic E-state index is 17.0. The number of nitrogens with one attached hydrogen (secondary N) is 4. The van der Waals surface area contributed by atoms with Gasteiger partial charge in [0.15, 0.2) is 0 Å². The molecular weight excluding hydrogens is 969 g/mol. The minimum atomic E-state index is -0.779. The first-order valence-electron chi connectivity index (χ1n) is 24.1. The third-order valence-corrected chi connectivity index (χ3v) is 14.1. The molecule has 4 aliphatic rings. The SMILES string of the molecule is COC(=O)N[C@H](C(=O)N1CCC[C@H]1c1ncc(-c2cc(F)c3c(c2)OC(c2ccc4c(c2)OCCC4)n2c-3cc3cc(-c4cnc([C@@H]5CCCN5C(=O)[C@@H](NC(=O)OC)C(C)C)[nH]4)ccc32)[nH]1)C(C)C.Cl.Cl. The molecule has 4 N–H and O–H groups in total. The molecule has 5 atom stereocenters. The van der Waals surface area contributed by atoms with Crippen molar-refractivity contribution in [1.29, 1.82) is 0 Å². The molecule has 0 aliphatic carbocycles. The van der Waals surface area contributed by atoms with Crippen LogP contribution in [0.1, 0.15) is 101 Å². The van der Waals surface area contributed by atoms with Gasteiger partial charge in [-0.2, -0.15) is 0 Å². The summed E-state index contributed by atoms with van der Waals surface area (Å²) in [5, 5.41) is 6.25. The van der Waals surface area contributed by atoms with Gasteiger partial charge in [-0.1, -0.05) is 45.9 Å². The Hall–Kier alpha value is -6.79. The summed E-state index contributed by atoms with van der Waals surface area (Å²) in [6.07, 6.45) is 6.18. The number of carbonyl (C=O) groups is 4. The fraction of sp³-hybridized carbons (Fsp3) is 0.423. The minimum absolute atomic E-state index is 0. The first-order valence-corrected chi connectivity index (χ1v) is 24.1. The lowest BCUT2D eigenvalue weighted by atomic mass is 10.0. The second-order valence-electron chi connectivity index (χ2n) is 19.3. The van der Waals surface area contributed by atoms with E-state index < -0.39 is 36.3 Å². The number of aromatic amines is 2. The van der Waals surface area contributed by atoms with Crippen LogP contribution in [0.15, 0.2) is 67.0 Å². The van der Waals surface area contributed by atoms with E-state index in [0.29, 0.717) is 72.5 Å². The van der Waals surface area contributed by atoms with Crippen molar-refractivity contribution < 1.29 is 42.5 Å². The van der Waals surface area contributed by atoms with Crippen molar-refractivity contribution in [3.8, 4) is 45.3 Å². The smallest absolute Gasteiger partial charge is 0.407 e. The molecular formula is C52H60Cl2FN9O8. The van der Waals surface area contributed by atoms with Crippen molar-refractivity contribution in [1.82, 2.24) is 44.9 Å². The van der Waals surface area contributed by atoms with E-state index in [0.717, 1.165) is 64.7 Å². The molecule has 7 heterocycles. The predicted molar refractivity (Wildman–Crippen MR) is 272 cm³/mol. The average molecular weight is 1030 g/mol. The van der Waals surface area contributed by atoms with Gasteiger partial charge in [-0.15, -0.1) is 24.8 Å². The van der Waals surface area contributed by atoms with Crippen molar-refractivity contribution in [2.24, 2.45) is 11.8 Å². The number of hydrogen-bond donors (Lipinski definition) is 4. The molecule has 2 saturated heterocycles. The predicted octanol–water partition coefficient (Wildman–Crippen LogP) is 9.42. The largest absolute Gasteiger partial charge is 0.493 e. The number of methoxy groups -OCH3 is 2. The molecule has 6 aromatic rings. The van der Waals surface area contributed by atoms with Gasteiger partial charge in [-0.05, 0) is 92.3 Å². The number of likely N-dealkylation sites (tertiary alicyclic amines) is 2. The van der Waals surface area contributed by atoms with E-state index >= 15 is 4.39 Å². The van der Waals surface area contributed by atoms with Crippen LogP contribution in [-0.4, -0.2) is 104 Å². The number of ether oxygens (including phenoxy) is 4. The van der Waals surface area contributed by atoms with Crippen molar-refractivity contribution in [2.75, 3.05) is 33.9 Å². The molecule has 17 nitrogen and oxygen atoms in total. The van der Waals surface area contributed by atoms with Gasteiger partial charge in [0.2, 0.25) is 18.0 Å². The molecule has 4 aliphatic heterocycles. The third-order valence-electron chi connectivity index (χ3n) is 14.1. The fourth-order valence-electron chi connectivity index (χ4n) is 10.5. The van der Waals surface area contributed by atoms with Gasteiger partial charge in [0.25, 0.3) is 0 Å². The van der Waals surface area contributed by atoms with Gasteiger partial charge in [0.05, 0.1) is 73.5 Å². The Balaban J connectivity index is 0.00000347. The van der Waals surface area contributed by atoms with Crippen LogP contribution >= 0.6 is 24.8 Å². The van der Waals surface area contributed by atoms with Crippen LogP contribution in [0.5, 0.6) is 11.5 Å². The molecule has 10 rings (SSSR count). The standard InChI is InChI=1S/C52H58FN9O8.2ClH/c1-27(2)44(58-51(65)67-5)48(63)60-17-7-11-38(60)46-54-25-35(56-46)30-15-16-37-33(20-30)22-40-43-34(53)21-32(24-42(43)70-50(62(37)40)31-14-13-29-10-9-19-69-41(29)23-31)36-26-55-47(57-36)39-12-8-18-61(39)49(64)45(28(3)4)59-52(66)68-6;;/h13-16,20-28,38-39,44-45,50H,7-12,17-19H2,1-6H3,(H,54,56)(H,55,57)(H,58,65)(H,59,66);2*1H/t38-,39-,44-,45-,50?;;/m0../s1. The number of halogens is 3. The number of rotatable bonds is 11. The Morgan fingerprint density at radius 1 is 0.736 bits per heavy atom. The molecule has 1 unspecified atom stereocenters. The number of H-pyrrole nitrogens is 2. The molecule has 2 fully saturated rings. The quantitative estimate of drug-likeness (QED) is 0.0970. The monoisotopic (exact) mass is 1030 g/mol. The number of amides is 4. The zero-order chi connectivity index (χ0) is 49.0. The van der Waals surface area contributed by atoms with Gasteiger partial charge in [0, 0.05) is 35.2 Å². The number of nitrogens with zero attached hydrogens (tertiary/aromatic N) is 5. The van der Waals surface area contributed by atoms with Gasteiger partial charge in [-0.25, -0.2) is 23.9 Å². The molecule has 20 heteroatoms. The van der Waals surface area contributed by atoms with Gasteiger partial charge >= 0.3 is 12.2 Å². The molecule has 0 spiro atoms. The van der Waals surface area contributed by atoms with Crippen LogP contribution < -0.4 is 20.1 Å². The lowest BCUT2D eigenvalue weighted by Gasteiger charge is -2.31. The summed E-state index contributed by atoms with van der Waals surface area (Å²) in [4.78, 5) is 71.8. The van der Waals surface area contributed by atoms with E-state index in [1.165, 1.54) is 20.3 Å². The summed E-state index contributed by atoms with van der Waals surface area (Å²) < 4.78 is 41.7. The summed E-state index contributed by atoms with van der Waals surface area (Å²) in [5.41, 5.74) is 6.43. The van der Waals surface area contributed by atoms with E-state index in [1.54, 1.807) is 22.2 Å². The van der Waals surface area contributed by atoms with Crippen LogP contribution in [0, 0.1) is 17.7 Å². The number of benzene rings is 3. The number of fused-ring (bicyclic) bond motifs is 6. The van der Waals surface area contributed by atoms with Crippen LogP contribution in [0.25, 0.3) is 44.7 Å². The number of carbonyl (C=O) groups excluding carboxylic acids is 4. The highest BCUT2D eigenvalue weighted by Gasteiger charge is 2.40. The highest BCUT2D eigenvalue weighted by atomic mass is 35.5. The molecule has 3 aromatic carbocycles. The zero-order valence-corrected chi connectivity index (χ0v) is 42.6. The summed E-state index contributed by atoms with van der Waals surface area (Å²) in [6, 6.07) is 15.3. The lowest BCUT2D eigenvalue weighted by molar-refractivity contribution is -0.136. The van der Waals surface area contributed by atoms with Crippen molar-refractivity contribution in [2.45, 2.75) is 96.6 Å². The maximum Gasteiger partial charge on any atom is 0.407 e. The maximum absolute atomic E-state index is 17.0. The third kappa shape index (κ3) is 9.53. The van der Waals surface area contributed by atoms with Crippen LogP contribution in [0.2, 0.25) is 0 Å². The number of aromatic nitrogens is 5.